The molecule has 0 bridgehead atoms. The van der Waals surface area contributed by atoms with Gasteiger partial charge < -0.3 is 4.90 Å². The minimum atomic E-state index is 0.0896. The topological polar surface area (TPSA) is 61.7 Å². The third kappa shape index (κ3) is 4.72. The third-order valence-electron chi connectivity index (χ3n) is 7.96. The quantitative estimate of drug-likeness (QED) is 0.734. The van der Waals surface area contributed by atoms with Crippen molar-refractivity contribution < 1.29 is 4.79 Å². The fourth-order valence-corrected chi connectivity index (χ4v) is 6.02. The average molecular weight is 428 g/mol. The molecule has 4 aliphatic rings. The number of aryl methyl sites for hydroxylation is 1. The van der Waals surface area contributed by atoms with E-state index in [0.29, 0.717) is 13.1 Å². The van der Waals surface area contributed by atoms with Crippen LogP contribution in [-0.2, 0) is 17.8 Å². The number of hydrogen-bond donors (Lipinski definition) is 0. The van der Waals surface area contributed by atoms with Crippen molar-refractivity contribution in [1.82, 2.24) is 24.3 Å². The zero-order valence-electron chi connectivity index (χ0n) is 18.8. The van der Waals surface area contributed by atoms with Crippen LogP contribution in [0.4, 0.5) is 0 Å². The van der Waals surface area contributed by atoms with Crippen LogP contribution in [0.25, 0.3) is 0 Å². The molecule has 0 unspecified atom stereocenters. The second kappa shape index (κ2) is 9.41. The normalized spacial score (nSPS) is 26.2. The summed E-state index contributed by atoms with van der Waals surface area (Å²) in [6.07, 6.45) is 10.6. The SMILES string of the molecule is O=C(CN1CCN(C2CCCC2)CC1)N1CC[C@H](c2cc(=O)n3c(n2)CCCCC3)C1. The molecule has 0 radical (unpaired) electrons. The highest BCUT2D eigenvalue weighted by atomic mass is 16.2. The van der Waals surface area contributed by atoms with Gasteiger partial charge >= 0.3 is 0 Å². The van der Waals surface area contributed by atoms with Crippen molar-refractivity contribution in [2.45, 2.75) is 76.3 Å². The van der Waals surface area contributed by atoms with E-state index in [1.807, 2.05) is 9.47 Å². The van der Waals surface area contributed by atoms with E-state index < -0.39 is 0 Å². The summed E-state index contributed by atoms with van der Waals surface area (Å²) in [7, 11) is 0. The standard InChI is InChI=1S/C24H37N5O2/c30-23-16-21(25-22-8-2-1-5-10-29(22)23)19-9-11-28(17-19)24(31)18-26-12-14-27(15-13-26)20-6-3-4-7-20/h16,19-20H,1-15,17-18H2/t19-/m0/s1. The van der Waals surface area contributed by atoms with Gasteiger partial charge in [0, 0.05) is 70.3 Å². The number of rotatable bonds is 4. The van der Waals surface area contributed by atoms with Crippen molar-refractivity contribution in [3.8, 4) is 0 Å². The molecule has 31 heavy (non-hydrogen) atoms. The molecule has 3 aliphatic heterocycles. The Labute approximate surface area is 185 Å². The van der Waals surface area contributed by atoms with Gasteiger partial charge in [0.1, 0.15) is 5.82 Å². The first-order chi connectivity index (χ1) is 15.2. The Morgan fingerprint density at radius 2 is 1.74 bits per heavy atom. The molecular weight excluding hydrogens is 390 g/mol. The van der Waals surface area contributed by atoms with E-state index in [1.54, 1.807) is 6.07 Å². The summed E-state index contributed by atoms with van der Waals surface area (Å²) in [5, 5.41) is 0. The molecule has 7 heteroatoms. The lowest BCUT2D eigenvalue weighted by Gasteiger charge is -2.38. The zero-order valence-corrected chi connectivity index (χ0v) is 18.8. The van der Waals surface area contributed by atoms with E-state index in [1.165, 1.54) is 32.1 Å². The molecule has 2 saturated heterocycles. The van der Waals surface area contributed by atoms with Crippen LogP contribution < -0.4 is 5.56 Å². The maximum absolute atomic E-state index is 13.0. The molecule has 1 aromatic heterocycles. The summed E-state index contributed by atoms with van der Waals surface area (Å²) < 4.78 is 1.86. The van der Waals surface area contributed by atoms with E-state index in [9.17, 15) is 9.59 Å². The molecule has 4 heterocycles. The summed E-state index contributed by atoms with van der Waals surface area (Å²) in [6, 6.07) is 2.52. The number of carbonyl (C=O) groups excluding carboxylic acids is 1. The maximum Gasteiger partial charge on any atom is 0.253 e. The molecule has 0 N–H and O–H groups in total. The number of piperazine rings is 1. The molecule has 1 aliphatic carbocycles. The Bertz CT molecular complexity index is 839. The minimum absolute atomic E-state index is 0.0896. The van der Waals surface area contributed by atoms with Crippen molar-refractivity contribution in [3.05, 3.63) is 27.9 Å². The molecule has 7 nitrogen and oxygen atoms in total. The predicted molar refractivity (Wildman–Crippen MR) is 120 cm³/mol. The lowest BCUT2D eigenvalue weighted by Crippen LogP contribution is -2.52. The van der Waals surface area contributed by atoms with Gasteiger partial charge in [-0.05, 0) is 32.1 Å². The van der Waals surface area contributed by atoms with E-state index >= 15 is 0 Å². The number of likely N-dealkylation sites (tertiary alicyclic amines) is 1. The lowest BCUT2D eigenvalue weighted by molar-refractivity contribution is -0.131. The van der Waals surface area contributed by atoms with Crippen LogP contribution >= 0.6 is 0 Å². The molecular formula is C24H37N5O2. The van der Waals surface area contributed by atoms with Gasteiger partial charge in [0.15, 0.2) is 0 Å². The number of carbonyl (C=O) groups is 1. The fourth-order valence-electron chi connectivity index (χ4n) is 6.02. The third-order valence-corrected chi connectivity index (χ3v) is 7.96. The van der Waals surface area contributed by atoms with Crippen molar-refractivity contribution in [3.63, 3.8) is 0 Å². The summed E-state index contributed by atoms with van der Waals surface area (Å²) >= 11 is 0. The average Bonchev–Trinajstić information content (AvgIpc) is 3.43. The molecule has 0 spiro atoms. The van der Waals surface area contributed by atoms with E-state index in [4.69, 9.17) is 4.98 Å². The second-order valence-electron chi connectivity index (χ2n) is 9.97. The summed E-state index contributed by atoms with van der Waals surface area (Å²) in [6.45, 7) is 7.02. The van der Waals surface area contributed by atoms with Crippen LogP contribution in [0.15, 0.2) is 10.9 Å². The largest absolute Gasteiger partial charge is 0.341 e. The van der Waals surface area contributed by atoms with Crippen LogP contribution in [0.3, 0.4) is 0 Å². The predicted octanol–water partition coefficient (Wildman–Crippen LogP) is 1.85. The smallest absolute Gasteiger partial charge is 0.253 e. The summed E-state index contributed by atoms with van der Waals surface area (Å²) in [5.74, 6) is 1.39. The van der Waals surface area contributed by atoms with Gasteiger partial charge in [0.25, 0.3) is 5.56 Å². The van der Waals surface area contributed by atoms with Crippen LogP contribution in [0.5, 0.6) is 0 Å². The van der Waals surface area contributed by atoms with Crippen molar-refractivity contribution in [2.24, 2.45) is 0 Å². The van der Waals surface area contributed by atoms with Crippen molar-refractivity contribution in [1.29, 1.82) is 0 Å². The second-order valence-corrected chi connectivity index (χ2v) is 9.97. The molecule has 5 rings (SSSR count). The van der Waals surface area contributed by atoms with Gasteiger partial charge in [0.05, 0.1) is 12.2 Å². The van der Waals surface area contributed by atoms with Crippen LogP contribution in [0.1, 0.15) is 68.8 Å². The van der Waals surface area contributed by atoms with Gasteiger partial charge in [-0.3, -0.25) is 24.0 Å². The Kier molecular flexibility index (Phi) is 6.41. The minimum Gasteiger partial charge on any atom is -0.341 e. The lowest BCUT2D eigenvalue weighted by atomic mass is 10.0. The monoisotopic (exact) mass is 427 g/mol. The molecule has 1 atom stereocenters. The van der Waals surface area contributed by atoms with E-state index in [0.717, 1.165) is 82.5 Å². The van der Waals surface area contributed by atoms with Gasteiger partial charge in [-0.25, -0.2) is 4.98 Å². The van der Waals surface area contributed by atoms with Gasteiger partial charge in [-0.1, -0.05) is 19.3 Å². The molecule has 3 fully saturated rings. The van der Waals surface area contributed by atoms with Crippen molar-refractivity contribution in [2.75, 3.05) is 45.8 Å². The summed E-state index contributed by atoms with van der Waals surface area (Å²) in [4.78, 5) is 37.4. The van der Waals surface area contributed by atoms with E-state index in [2.05, 4.69) is 9.80 Å². The number of fused-ring (bicyclic) bond motifs is 1. The van der Waals surface area contributed by atoms with E-state index in [-0.39, 0.29) is 17.4 Å². The maximum atomic E-state index is 13.0. The molecule has 1 saturated carbocycles. The molecule has 1 amide bonds. The first kappa shape index (κ1) is 21.1. The van der Waals surface area contributed by atoms with Gasteiger partial charge in [0.2, 0.25) is 5.91 Å². The van der Waals surface area contributed by atoms with Crippen LogP contribution in [-0.4, -0.2) is 82.0 Å². The Morgan fingerprint density at radius 3 is 2.55 bits per heavy atom. The first-order valence-electron chi connectivity index (χ1n) is 12.5. The Morgan fingerprint density at radius 1 is 0.935 bits per heavy atom. The number of nitrogens with zero attached hydrogens (tertiary/aromatic N) is 5. The number of hydrogen-bond acceptors (Lipinski definition) is 5. The van der Waals surface area contributed by atoms with Crippen LogP contribution in [0, 0.1) is 0 Å². The summed E-state index contributed by atoms with van der Waals surface area (Å²) in [5.41, 5.74) is 0.991. The first-order valence-corrected chi connectivity index (χ1v) is 12.5. The van der Waals surface area contributed by atoms with Crippen molar-refractivity contribution >= 4 is 5.91 Å². The zero-order chi connectivity index (χ0) is 21.2. The highest BCUT2D eigenvalue weighted by Crippen LogP contribution is 2.27. The van der Waals surface area contributed by atoms with Gasteiger partial charge in [-0.2, -0.15) is 0 Å². The molecule has 0 aromatic carbocycles. The fraction of sp³-hybridized carbons (Fsp3) is 0.792. The highest BCUT2D eigenvalue weighted by Gasteiger charge is 2.31. The number of aromatic nitrogens is 2. The number of amides is 1. The van der Waals surface area contributed by atoms with Crippen LogP contribution in [0.2, 0.25) is 0 Å². The Hall–Kier alpha value is -1.73. The highest BCUT2D eigenvalue weighted by molar-refractivity contribution is 5.78. The molecule has 170 valence electrons. The molecule has 1 aromatic rings. The Balaban J connectivity index is 1.15. The van der Waals surface area contributed by atoms with Gasteiger partial charge in [-0.15, -0.1) is 0 Å².